The van der Waals surface area contributed by atoms with Crippen LogP contribution in [0.25, 0.3) is 0 Å². The van der Waals surface area contributed by atoms with Crippen LogP contribution in [0.15, 0.2) is 11.1 Å². The SMILES string of the molecule is CC1=C(C)C[C@@]2(O)CCCC[C@@]2(O)C1. The Kier molecular flexibility index (Phi) is 2.24. The quantitative estimate of drug-likeness (QED) is 0.583. The van der Waals surface area contributed by atoms with Gasteiger partial charge in [0.2, 0.25) is 0 Å². The van der Waals surface area contributed by atoms with Crippen molar-refractivity contribution in [1.82, 2.24) is 0 Å². The highest BCUT2D eigenvalue weighted by molar-refractivity contribution is 5.25. The van der Waals surface area contributed by atoms with Crippen LogP contribution in [0, 0.1) is 0 Å². The van der Waals surface area contributed by atoms with E-state index in [1.165, 1.54) is 11.1 Å². The molecule has 2 rings (SSSR count). The van der Waals surface area contributed by atoms with Crippen molar-refractivity contribution < 1.29 is 10.2 Å². The molecule has 80 valence electrons. The first-order valence-corrected chi connectivity index (χ1v) is 5.57. The van der Waals surface area contributed by atoms with E-state index < -0.39 is 11.2 Å². The number of fused-ring (bicyclic) bond motifs is 1. The topological polar surface area (TPSA) is 40.5 Å². The summed E-state index contributed by atoms with van der Waals surface area (Å²) in [5.74, 6) is 0. The van der Waals surface area contributed by atoms with Gasteiger partial charge in [0, 0.05) is 0 Å². The highest BCUT2D eigenvalue weighted by atomic mass is 16.4. The van der Waals surface area contributed by atoms with Gasteiger partial charge in [0.1, 0.15) is 0 Å². The van der Waals surface area contributed by atoms with Gasteiger partial charge in [0.05, 0.1) is 11.2 Å². The molecule has 2 N–H and O–H groups in total. The van der Waals surface area contributed by atoms with Gasteiger partial charge in [-0.2, -0.15) is 0 Å². The summed E-state index contributed by atoms with van der Waals surface area (Å²) in [5.41, 5.74) is 0.849. The van der Waals surface area contributed by atoms with Crippen molar-refractivity contribution in [2.24, 2.45) is 0 Å². The van der Waals surface area contributed by atoms with E-state index >= 15 is 0 Å². The van der Waals surface area contributed by atoms with Crippen LogP contribution in [0.4, 0.5) is 0 Å². The molecule has 0 unspecified atom stereocenters. The molecule has 0 spiro atoms. The van der Waals surface area contributed by atoms with Crippen LogP contribution >= 0.6 is 0 Å². The normalized spacial score (nSPS) is 43.7. The Labute approximate surface area is 85.6 Å². The third-order valence-corrected chi connectivity index (χ3v) is 4.14. The minimum Gasteiger partial charge on any atom is -0.387 e. The zero-order chi connectivity index (χ0) is 10.4. The molecule has 0 aromatic rings. The lowest BCUT2D eigenvalue weighted by Gasteiger charge is -2.50. The summed E-state index contributed by atoms with van der Waals surface area (Å²) in [4.78, 5) is 0. The maximum atomic E-state index is 10.5. The largest absolute Gasteiger partial charge is 0.387 e. The first-order chi connectivity index (χ1) is 6.47. The molecule has 0 aromatic heterocycles. The van der Waals surface area contributed by atoms with E-state index in [-0.39, 0.29) is 0 Å². The minimum absolute atomic E-state index is 0.662. The number of hydrogen-bond acceptors (Lipinski definition) is 2. The van der Waals surface area contributed by atoms with E-state index in [0.29, 0.717) is 12.8 Å². The highest BCUT2D eigenvalue weighted by Crippen LogP contribution is 2.48. The number of hydrogen-bond donors (Lipinski definition) is 2. The van der Waals surface area contributed by atoms with E-state index in [0.717, 1.165) is 25.7 Å². The lowest BCUT2D eigenvalue weighted by Crippen LogP contribution is -2.58. The van der Waals surface area contributed by atoms with Gasteiger partial charge < -0.3 is 10.2 Å². The third-order valence-electron chi connectivity index (χ3n) is 4.14. The van der Waals surface area contributed by atoms with Crippen molar-refractivity contribution in [2.45, 2.75) is 63.6 Å². The Morgan fingerprint density at radius 1 is 0.857 bits per heavy atom. The average molecular weight is 196 g/mol. The lowest BCUT2D eigenvalue weighted by atomic mass is 9.63. The zero-order valence-electron chi connectivity index (χ0n) is 9.14. The lowest BCUT2D eigenvalue weighted by molar-refractivity contribution is -0.178. The van der Waals surface area contributed by atoms with Gasteiger partial charge in [-0.05, 0) is 39.5 Å². The Morgan fingerprint density at radius 3 is 1.57 bits per heavy atom. The fourth-order valence-electron chi connectivity index (χ4n) is 2.99. The summed E-state index contributed by atoms with van der Waals surface area (Å²) in [6.07, 6.45) is 4.93. The van der Waals surface area contributed by atoms with Crippen molar-refractivity contribution in [1.29, 1.82) is 0 Å². The van der Waals surface area contributed by atoms with E-state index in [4.69, 9.17) is 0 Å². The molecule has 2 aliphatic rings. The van der Waals surface area contributed by atoms with E-state index in [1.54, 1.807) is 0 Å². The Bertz CT molecular complexity index is 254. The second-order valence-electron chi connectivity index (χ2n) is 5.18. The van der Waals surface area contributed by atoms with Gasteiger partial charge in [-0.15, -0.1) is 0 Å². The molecule has 0 saturated heterocycles. The molecule has 0 aromatic carbocycles. The maximum absolute atomic E-state index is 10.5. The molecule has 2 heteroatoms. The Balaban J connectivity index is 2.35. The molecular formula is C12H20O2. The van der Waals surface area contributed by atoms with Gasteiger partial charge in [-0.1, -0.05) is 24.0 Å². The molecule has 2 atom stereocenters. The molecule has 2 aliphatic carbocycles. The predicted molar refractivity (Wildman–Crippen MR) is 56.0 cm³/mol. The van der Waals surface area contributed by atoms with Crippen LogP contribution in [0.2, 0.25) is 0 Å². The van der Waals surface area contributed by atoms with Crippen molar-refractivity contribution in [2.75, 3.05) is 0 Å². The van der Waals surface area contributed by atoms with Crippen LogP contribution in [0.1, 0.15) is 52.4 Å². The number of rotatable bonds is 0. The Morgan fingerprint density at radius 2 is 1.21 bits per heavy atom. The van der Waals surface area contributed by atoms with Gasteiger partial charge >= 0.3 is 0 Å². The van der Waals surface area contributed by atoms with Crippen LogP contribution in [-0.4, -0.2) is 21.4 Å². The smallest absolute Gasteiger partial charge is 0.0973 e. The maximum Gasteiger partial charge on any atom is 0.0973 e. The van der Waals surface area contributed by atoms with Gasteiger partial charge in [-0.3, -0.25) is 0 Å². The average Bonchev–Trinajstić information content (AvgIpc) is 2.09. The molecule has 14 heavy (non-hydrogen) atoms. The van der Waals surface area contributed by atoms with E-state index in [1.807, 2.05) is 0 Å². The van der Waals surface area contributed by atoms with Crippen molar-refractivity contribution in [3.8, 4) is 0 Å². The molecular weight excluding hydrogens is 176 g/mol. The second-order valence-corrected chi connectivity index (χ2v) is 5.18. The summed E-state index contributed by atoms with van der Waals surface area (Å²) in [6.45, 7) is 4.14. The Hall–Kier alpha value is -0.340. The highest BCUT2D eigenvalue weighted by Gasteiger charge is 2.52. The molecule has 0 amide bonds. The van der Waals surface area contributed by atoms with Crippen molar-refractivity contribution in [3.63, 3.8) is 0 Å². The van der Waals surface area contributed by atoms with Crippen LogP contribution in [0.5, 0.6) is 0 Å². The summed E-state index contributed by atoms with van der Waals surface area (Å²) < 4.78 is 0. The first-order valence-electron chi connectivity index (χ1n) is 5.57. The van der Waals surface area contributed by atoms with Crippen molar-refractivity contribution >= 4 is 0 Å². The summed E-state index contributed by atoms with van der Waals surface area (Å²) >= 11 is 0. The molecule has 0 heterocycles. The molecule has 2 nitrogen and oxygen atoms in total. The molecule has 0 aliphatic heterocycles. The van der Waals surface area contributed by atoms with Gasteiger partial charge in [0.25, 0.3) is 0 Å². The van der Waals surface area contributed by atoms with Gasteiger partial charge in [-0.25, -0.2) is 0 Å². The number of aliphatic hydroxyl groups is 2. The molecule has 1 fully saturated rings. The van der Waals surface area contributed by atoms with Crippen LogP contribution < -0.4 is 0 Å². The second kappa shape index (κ2) is 3.07. The van der Waals surface area contributed by atoms with E-state index in [9.17, 15) is 10.2 Å². The summed E-state index contributed by atoms with van der Waals surface area (Å²) in [6, 6.07) is 0. The van der Waals surface area contributed by atoms with Gasteiger partial charge in [0.15, 0.2) is 0 Å². The monoisotopic (exact) mass is 196 g/mol. The fourth-order valence-corrected chi connectivity index (χ4v) is 2.99. The molecule has 0 radical (unpaired) electrons. The summed E-state index contributed by atoms with van der Waals surface area (Å²) in [7, 11) is 0. The fraction of sp³-hybridized carbons (Fsp3) is 0.833. The van der Waals surface area contributed by atoms with Crippen LogP contribution in [0.3, 0.4) is 0 Å². The minimum atomic E-state index is -0.838. The molecule has 0 bridgehead atoms. The first kappa shape index (κ1) is 10.2. The standard InChI is InChI=1S/C12H20O2/c1-9-7-11(13)5-3-4-6-12(11,14)8-10(9)2/h13-14H,3-8H2,1-2H3/t11-,12+. The predicted octanol–water partition coefficient (Wildman–Crippen LogP) is 2.15. The third kappa shape index (κ3) is 1.32. The molecule has 1 saturated carbocycles. The zero-order valence-corrected chi connectivity index (χ0v) is 9.14. The van der Waals surface area contributed by atoms with E-state index in [2.05, 4.69) is 13.8 Å². The van der Waals surface area contributed by atoms with Crippen molar-refractivity contribution in [3.05, 3.63) is 11.1 Å². The summed E-state index contributed by atoms with van der Waals surface area (Å²) in [5, 5.41) is 20.9. The van der Waals surface area contributed by atoms with Crippen LogP contribution in [-0.2, 0) is 0 Å².